The van der Waals surface area contributed by atoms with Crippen LogP contribution >= 0.6 is 0 Å². The second-order valence-electron chi connectivity index (χ2n) is 4.16. The summed E-state index contributed by atoms with van der Waals surface area (Å²) in [6.07, 6.45) is 5.00. The maximum absolute atomic E-state index is 4.03. The van der Waals surface area contributed by atoms with Gasteiger partial charge in [-0.3, -0.25) is 0 Å². The molecule has 2 heteroatoms. The van der Waals surface area contributed by atoms with Crippen LogP contribution in [0.3, 0.4) is 0 Å². The Balaban J connectivity index is 0.00000121. The fourth-order valence-electron chi connectivity index (χ4n) is 2.14. The van der Waals surface area contributed by atoms with Crippen LogP contribution in [0.2, 0.25) is 0 Å². The number of rotatable bonds is 3. The van der Waals surface area contributed by atoms with E-state index in [1.165, 1.54) is 25.8 Å². The van der Waals surface area contributed by atoms with Crippen molar-refractivity contribution in [3.8, 4) is 0 Å². The maximum Gasteiger partial charge on any atom is 0 e. The molecule has 1 aliphatic rings. The van der Waals surface area contributed by atoms with E-state index in [0.717, 1.165) is 12.3 Å². The van der Waals surface area contributed by atoms with E-state index in [2.05, 4.69) is 26.1 Å². The van der Waals surface area contributed by atoms with Crippen LogP contribution in [0, 0.1) is 12.8 Å². The third-order valence-corrected chi connectivity index (χ3v) is 2.61. The van der Waals surface area contributed by atoms with Crippen LogP contribution in [-0.4, -0.2) is 12.1 Å². The molecular weight excluding hydrogens is 223 g/mol. The van der Waals surface area contributed by atoms with Crippen molar-refractivity contribution < 1.29 is 32.7 Å². The van der Waals surface area contributed by atoms with Crippen molar-refractivity contribution in [1.82, 2.24) is 5.32 Å². The number of nitrogens with one attached hydrogen (secondary N) is 1. The molecule has 1 heterocycles. The molecule has 0 spiro atoms. The molecule has 0 bridgehead atoms. The molecule has 1 rings (SSSR count). The Labute approximate surface area is 102 Å². The van der Waals surface area contributed by atoms with Crippen LogP contribution in [0.5, 0.6) is 0 Å². The average molecular weight is 243 g/mol. The first-order chi connectivity index (χ1) is 5.18. The predicted octanol–water partition coefficient (Wildman–Crippen LogP) is 2.38. The summed E-state index contributed by atoms with van der Waals surface area (Å²) >= 11 is 0. The van der Waals surface area contributed by atoms with E-state index in [9.17, 15) is 0 Å². The minimum absolute atomic E-state index is 0. The summed E-state index contributed by atoms with van der Waals surface area (Å²) in [4.78, 5) is 0. The molecule has 0 saturated carbocycles. The first-order valence-electron chi connectivity index (χ1n) is 4.73. The third-order valence-electron chi connectivity index (χ3n) is 2.61. The SMILES string of the molecule is [CH2-]CC1(CC(C)C)CCCN1.[Y]. The molecular formula is C10H20NY-. The topological polar surface area (TPSA) is 12.0 Å². The Morgan fingerprint density at radius 3 is 2.50 bits per heavy atom. The van der Waals surface area contributed by atoms with Crippen LogP contribution in [-0.2, 0) is 32.7 Å². The van der Waals surface area contributed by atoms with Crippen molar-refractivity contribution in [2.75, 3.05) is 6.54 Å². The Kier molecular flexibility index (Phi) is 6.23. The molecule has 0 aromatic rings. The van der Waals surface area contributed by atoms with Gasteiger partial charge >= 0.3 is 0 Å². The van der Waals surface area contributed by atoms with E-state index in [1.807, 2.05) is 0 Å². The molecule has 1 N–H and O–H groups in total. The molecule has 0 aromatic heterocycles. The largest absolute Gasteiger partial charge is 0.342 e. The van der Waals surface area contributed by atoms with Gasteiger partial charge in [-0.1, -0.05) is 13.8 Å². The van der Waals surface area contributed by atoms with Gasteiger partial charge in [0.15, 0.2) is 0 Å². The fraction of sp³-hybridized carbons (Fsp3) is 0.900. The summed E-state index contributed by atoms with van der Waals surface area (Å²) in [7, 11) is 0. The Bertz CT molecular complexity index is 117. The van der Waals surface area contributed by atoms with Gasteiger partial charge in [0.2, 0.25) is 0 Å². The minimum atomic E-state index is 0. The van der Waals surface area contributed by atoms with Crippen molar-refractivity contribution in [1.29, 1.82) is 0 Å². The first kappa shape index (κ1) is 13.1. The predicted molar refractivity (Wildman–Crippen MR) is 49.4 cm³/mol. The van der Waals surface area contributed by atoms with Crippen LogP contribution in [0.15, 0.2) is 0 Å². The van der Waals surface area contributed by atoms with Gasteiger partial charge in [-0.05, 0) is 37.3 Å². The minimum Gasteiger partial charge on any atom is -0.342 e. The summed E-state index contributed by atoms with van der Waals surface area (Å²) in [5.41, 5.74) is 0.397. The smallest absolute Gasteiger partial charge is 0 e. The van der Waals surface area contributed by atoms with Gasteiger partial charge in [0.05, 0.1) is 0 Å². The third kappa shape index (κ3) is 3.43. The van der Waals surface area contributed by atoms with Crippen LogP contribution in [0.4, 0.5) is 0 Å². The van der Waals surface area contributed by atoms with E-state index in [0.29, 0.717) is 5.54 Å². The summed E-state index contributed by atoms with van der Waals surface area (Å²) in [5, 5.41) is 3.59. The normalized spacial score (nSPS) is 29.0. The summed E-state index contributed by atoms with van der Waals surface area (Å²) in [6, 6.07) is 0. The number of hydrogen-bond donors (Lipinski definition) is 1. The number of hydrogen-bond acceptors (Lipinski definition) is 1. The zero-order valence-corrected chi connectivity index (χ0v) is 11.2. The van der Waals surface area contributed by atoms with Crippen molar-refractivity contribution in [3.05, 3.63) is 6.92 Å². The molecule has 1 unspecified atom stereocenters. The summed E-state index contributed by atoms with van der Waals surface area (Å²) in [5.74, 6) is 0.794. The average Bonchev–Trinajstić information content (AvgIpc) is 2.36. The van der Waals surface area contributed by atoms with Gasteiger partial charge in [-0.2, -0.15) is 6.42 Å². The zero-order valence-electron chi connectivity index (χ0n) is 8.40. The molecule has 69 valence electrons. The molecule has 12 heavy (non-hydrogen) atoms. The molecule has 1 atom stereocenters. The van der Waals surface area contributed by atoms with Crippen LogP contribution in [0.25, 0.3) is 0 Å². The van der Waals surface area contributed by atoms with Crippen LogP contribution < -0.4 is 5.32 Å². The molecule has 1 radical (unpaired) electrons. The molecule has 1 aliphatic heterocycles. The maximum atomic E-state index is 4.03. The Morgan fingerprint density at radius 2 is 2.17 bits per heavy atom. The van der Waals surface area contributed by atoms with E-state index in [4.69, 9.17) is 0 Å². The van der Waals surface area contributed by atoms with Crippen LogP contribution in [0.1, 0.15) is 39.5 Å². The molecule has 1 saturated heterocycles. The van der Waals surface area contributed by atoms with Crippen molar-refractivity contribution in [3.63, 3.8) is 0 Å². The monoisotopic (exact) mass is 243 g/mol. The van der Waals surface area contributed by atoms with Gasteiger partial charge in [-0.15, -0.1) is 0 Å². The van der Waals surface area contributed by atoms with Gasteiger partial charge in [0.25, 0.3) is 0 Å². The summed E-state index contributed by atoms with van der Waals surface area (Å²) < 4.78 is 0. The van der Waals surface area contributed by atoms with E-state index in [1.54, 1.807) is 0 Å². The van der Waals surface area contributed by atoms with Gasteiger partial charge < -0.3 is 12.2 Å². The molecule has 0 amide bonds. The zero-order chi connectivity index (χ0) is 8.32. The molecule has 0 aromatic carbocycles. The van der Waals surface area contributed by atoms with Gasteiger partial charge in [0.1, 0.15) is 0 Å². The van der Waals surface area contributed by atoms with Crippen molar-refractivity contribution in [2.24, 2.45) is 5.92 Å². The van der Waals surface area contributed by atoms with Gasteiger partial charge in [0, 0.05) is 32.7 Å². The second kappa shape index (κ2) is 5.72. The Hall–Kier alpha value is 1.06. The van der Waals surface area contributed by atoms with Crippen molar-refractivity contribution >= 4 is 0 Å². The van der Waals surface area contributed by atoms with Gasteiger partial charge in [-0.25, -0.2) is 0 Å². The Morgan fingerprint density at radius 1 is 1.50 bits per heavy atom. The fourth-order valence-corrected chi connectivity index (χ4v) is 2.14. The van der Waals surface area contributed by atoms with Crippen molar-refractivity contribution in [2.45, 2.75) is 45.1 Å². The molecule has 1 nitrogen and oxygen atoms in total. The van der Waals surface area contributed by atoms with E-state index in [-0.39, 0.29) is 32.7 Å². The van der Waals surface area contributed by atoms with E-state index < -0.39 is 0 Å². The molecule has 0 aliphatic carbocycles. The first-order valence-corrected chi connectivity index (χ1v) is 4.73. The second-order valence-corrected chi connectivity index (χ2v) is 4.16. The summed E-state index contributed by atoms with van der Waals surface area (Å²) in [6.45, 7) is 9.81. The quantitative estimate of drug-likeness (QED) is 0.750. The molecule has 1 fully saturated rings. The van der Waals surface area contributed by atoms with E-state index >= 15 is 0 Å². The standard InChI is InChI=1S/C10H20N.Y/c1-4-10(8-9(2)3)6-5-7-11-10;/h9,11H,1,4-8H2,2-3H3;/q-1;.